The molecule has 0 aliphatic rings. The second-order valence-corrected chi connectivity index (χ2v) is 6.83. The van der Waals surface area contributed by atoms with Gasteiger partial charge in [0.25, 0.3) is 0 Å². The van der Waals surface area contributed by atoms with Gasteiger partial charge in [-0.3, -0.25) is 4.79 Å². The lowest BCUT2D eigenvalue weighted by Gasteiger charge is -2.11. The van der Waals surface area contributed by atoms with E-state index in [0.29, 0.717) is 18.1 Å². The minimum absolute atomic E-state index is 0.184. The van der Waals surface area contributed by atoms with Crippen LogP contribution in [0, 0.1) is 0 Å². The number of halogens is 2. The first-order valence-corrected chi connectivity index (χ1v) is 9.18. The third-order valence-corrected chi connectivity index (χ3v) is 4.33. The monoisotopic (exact) mass is 468 g/mol. The highest BCUT2D eigenvalue weighted by Crippen LogP contribution is 2.36. The van der Waals surface area contributed by atoms with Gasteiger partial charge < -0.3 is 9.47 Å². The van der Waals surface area contributed by atoms with Gasteiger partial charge in [0.15, 0.2) is 11.5 Å². The van der Waals surface area contributed by atoms with Crippen LogP contribution in [0.1, 0.15) is 18.1 Å². The van der Waals surface area contributed by atoms with Crippen molar-refractivity contribution in [2.45, 2.75) is 13.3 Å². The zero-order valence-corrected chi connectivity index (χ0v) is 17.1. The van der Waals surface area contributed by atoms with Crippen LogP contribution in [0.15, 0.2) is 50.4 Å². The van der Waals surface area contributed by atoms with Gasteiger partial charge >= 0.3 is 0 Å². The summed E-state index contributed by atoms with van der Waals surface area (Å²) >= 11 is 6.81. The van der Waals surface area contributed by atoms with E-state index in [4.69, 9.17) is 9.47 Å². The Hall–Kier alpha value is -1.86. The smallest absolute Gasteiger partial charge is 0.244 e. The summed E-state index contributed by atoms with van der Waals surface area (Å²) in [5, 5.41) is 4.00. The summed E-state index contributed by atoms with van der Waals surface area (Å²) < 4.78 is 12.6. The van der Waals surface area contributed by atoms with Gasteiger partial charge in [-0.05, 0) is 58.2 Å². The molecule has 0 saturated heterocycles. The van der Waals surface area contributed by atoms with Crippen LogP contribution in [0.4, 0.5) is 0 Å². The van der Waals surface area contributed by atoms with Gasteiger partial charge in [-0.2, -0.15) is 5.10 Å². The second-order valence-electron chi connectivity index (χ2n) is 5.06. The number of rotatable bonds is 7. The van der Waals surface area contributed by atoms with E-state index in [1.165, 1.54) is 0 Å². The first-order chi connectivity index (χ1) is 12.0. The summed E-state index contributed by atoms with van der Waals surface area (Å²) in [5.74, 6) is 1.05. The number of carbonyl (C=O) groups is 1. The standard InChI is InChI=1S/C18H18Br2N2O3/c1-3-25-16-9-13(8-15(20)18(16)24-2)11-21-22-17(23)10-12-4-6-14(19)7-5-12/h4-9,11H,3,10H2,1-2H3,(H,22,23)/b21-11-. The van der Waals surface area contributed by atoms with Crippen LogP contribution in [-0.4, -0.2) is 25.8 Å². The van der Waals surface area contributed by atoms with E-state index in [-0.39, 0.29) is 12.3 Å². The largest absolute Gasteiger partial charge is 0.492 e. The van der Waals surface area contributed by atoms with Gasteiger partial charge in [-0.15, -0.1) is 0 Å². The van der Waals surface area contributed by atoms with Crippen LogP contribution in [0.25, 0.3) is 0 Å². The molecule has 0 radical (unpaired) electrons. The van der Waals surface area contributed by atoms with E-state index in [9.17, 15) is 4.79 Å². The molecule has 2 aromatic rings. The fourth-order valence-electron chi connectivity index (χ4n) is 2.13. The van der Waals surface area contributed by atoms with Crippen molar-refractivity contribution < 1.29 is 14.3 Å². The molecule has 0 aliphatic heterocycles. The highest BCUT2D eigenvalue weighted by molar-refractivity contribution is 9.10. The normalized spacial score (nSPS) is 10.7. The predicted octanol–water partition coefficient (Wildman–Crippen LogP) is 4.31. The minimum Gasteiger partial charge on any atom is -0.492 e. The molecule has 1 amide bonds. The Bertz CT molecular complexity index is 762. The fourth-order valence-corrected chi connectivity index (χ4v) is 3.02. The lowest BCUT2D eigenvalue weighted by Crippen LogP contribution is -2.19. The van der Waals surface area contributed by atoms with Crippen molar-refractivity contribution >= 4 is 44.0 Å². The molecule has 5 nitrogen and oxygen atoms in total. The average Bonchev–Trinajstić information content (AvgIpc) is 2.57. The van der Waals surface area contributed by atoms with Crippen molar-refractivity contribution in [3.63, 3.8) is 0 Å². The molecule has 0 bridgehead atoms. The summed E-state index contributed by atoms with van der Waals surface area (Å²) in [6.45, 7) is 2.42. The second kappa shape index (κ2) is 9.58. The maximum Gasteiger partial charge on any atom is 0.244 e. The van der Waals surface area contributed by atoms with Crippen LogP contribution in [0.2, 0.25) is 0 Å². The number of hydrazone groups is 1. The summed E-state index contributed by atoms with van der Waals surface area (Å²) in [6, 6.07) is 11.2. The van der Waals surface area contributed by atoms with Crippen molar-refractivity contribution in [3.05, 3.63) is 56.5 Å². The highest BCUT2D eigenvalue weighted by atomic mass is 79.9. The Kier molecular flexibility index (Phi) is 7.46. The Labute approximate surface area is 163 Å². The van der Waals surface area contributed by atoms with E-state index < -0.39 is 0 Å². The number of carbonyl (C=O) groups excluding carboxylic acids is 1. The quantitative estimate of drug-likeness (QED) is 0.485. The van der Waals surface area contributed by atoms with Gasteiger partial charge in [0, 0.05) is 4.47 Å². The van der Waals surface area contributed by atoms with E-state index >= 15 is 0 Å². The Morgan fingerprint density at radius 3 is 2.60 bits per heavy atom. The summed E-state index contributed by atoms with van der Waals surface area (Å²) in [5.41, 5.74) is 4.22. The van der Waals surface area contributed by atoms with Crippen molar-refractivity contribution in [2.24, 2.45) is 5.10 Å². The Balaban J connectivity index is 2.01. The molecule has 25 heavy (non-hydrogen) atoms. The molecular weight excluding hydrogens is 452 g/mol. The van der Waals surface area contributed by atoms with E-state index in [1.54, 1.807) is 19.4 Å². The molecule has 0 saturated carbocycles. The first-order valence-electron chi connectivity index (χ1n) is 7.60. The van der Waals surface area contributed by atoms with E-state index in [0.717, 1.165) is 20.1 Å². The van der Waals surface area contributed by atoms with Gasteiger partial charge in [-0.1, -0.05) is 28.1 Å². The number of methoxy groups -OCH3 is 1. The lowest BCUT2D eigenvalue weighted by atomic mass is 10.1. The average molecular weight is 470 g/mol. The zero-order valence-electron chi connectivity index (χ0n) is 13.9. The molecular formula is C18H18Br2N2O3. The summed E-state index contributed by atoms with van der Waals surface area (Å²) in [6.07, 6.45) is 1.83. The van der Waals surface area contributed by atoms with Gasteiger partial charge in [-0.25, -0.2) is 5.43 Å². The molecule has 0 heterocycles. The number of ether oxygens (including phenoxy) is 2. The Morgan fingerprint density at radius 1 is 1.24 bits per heavy atom. The zero-order chi connectivity index (χ0) is 18.2. The molecule has 0 atom stereocenters. The van der Waals surface area contributed by atoms with Crippen LogP contribution in [0.3, 0.4) is 0 Å². The molecule has 0 spiro atoms. The van der Waals surface area contributed by atoms with E-state index in [1.807, 2.05) is 37.3 Å². The van der Waals surface area contributed by atoms with Crippen LogP contribution < -0.4 is 14.9 Å². The van der Waals surface area contributed by atoms with Gasteiger partial charge in [0.1, 0.15) is 0 Å². The molecule has 2 aromatic carbocycles. The SMILES string of the molecule is CCOc1cc(/C=N\NC(=O)Cc2ccc(Br)cc2)cc(Br)c1OC. The van der Waals surface area contributed by atoms with Crippen molar-refractivity contribution in [1.82, 2.24) is 5.43 Å². The number of nitrogens with one attached hydrogen (secondary N) is 1. The number of hydrogen-bond donors (Lipinski definition) is 1. The van der Waals surface area contributed by atoms with Gasteiger partial charge in [0.05, 0.1) is 30.8 Å². The molecule has 132 valence electrons. The van der Waals surface area contributed by atoms with Crippen LogP contribution >= 0.6 is 31.9 Å². The van der Waals surface area contributed by atoms with E-state index in [2.05, 4.69) is 42.4 Å². The van der Waals surface area contributed by atoms with Gasteiger partial charge in [0.2, 0.25) is 5.91 Å². The lowest BCUT2D eigenvalue weighted by molar-refractivity contribution is -0.120. The molecule has 0 aromatic heterocycles. The third kappa shape index (κ3) is 5.86. The molecule has 2 rings (SSSR count). The molecule has 7 heteroatoms. The molecule has 1 N–H and O–H groups in total. The predicted molar refractivity (Wildman–Crippen MR) is 105 cm³/mol. The van der Waals surface area contributed by atoms with Crippen molar-refractivity contribution in [2.75, 3.05) is 13.7 Å². The number of nitrogens with zero attached hydrogens (tertiary/aromatic N) is 1. The van der Waals surface area contributed by atoms with Crippen molar-refractivity contribution in [1.29, 1.82) is 0 Å². The maximum absolute atomic E-state index is 11.9. The number of hydrogen-bond acceptors (Lipinski definition) is 4. The molecule has 0 aliphatic carbocycles. The summed E-state index contributed by atoms with van der Waals surface area (Å²) in [4.78, 5) is 11.9. The topological polar surface area (TPSA) is 59.9 Å². The minimum atomic E-state index is -0.184. The Morgan fingerprint density at radius 2 is 1.96 bits per heavy atom. The molecule has 0 fully saturated rings. The number of amides is 1. The highest BCUT2D eigenvalue weighted by Gasteiger charge is 2.10. The fraction of sp³-hybridized carbons (Fsp3) is 0.222. The first kappa shape index (κ1) is 19.5. The number of benzene rings is 2. The van der Waals surface area contributed by atoms with Crippen LogP contribution in [-0.2, 0) is 11.2 Å². The third-order valence-electron chi connectivity index (χ3n) is 3.22. The summed E-state index contributed by atoms with van der Waals surface area (Å²) in [7, 11) is 1.58. The maximum atomic E-state index is 11.9. The van der Waals surface area contributed by atoms with Crippen molar-refractivity contribution in [3.8, 4) is 11.5 Å². The molecule has 0 unspecified atom stereocenters. The van der Waals surface area contributed by atoms with Crippen LogP contribution in [0.5, 0.6) is 11.5 Å².